The van der Waals surface area contributed by atoms with E-state index in [2.05, 4.69) is 16.4 Å². The summed E-state index contributed by atoms with van der Waals surface area (Å²) in [5.41, 5.74) is 3.91. The highest BCUT2D eigenvalue weighted by atomic mass is 35.5. The highest BCUT2D eigenvalue weighted by Gasteiger charge is 2.28. The molecule has 164 valence electrons. The summed E-state index contributed by atoms with van der Waals surface area (Å²) in [5.74, 6) is -0.0131. The van der Waals surface area contributed by atoms with Crippen LogP contribution in [0.2, 0.25) is 5.02 Å². The van der Waals surface area contributed by atoms with Crippen LogP contribution >= 0.6 is 11.6 Å². The number of ether oxygens (including phenoxy) is 1. The van der Waals surface area contributed by atoms with Crippen molar-refractivity contribution >= 4 is 23.4 Å². The van der Waals surface area contributed by atoms with E-state index in [1.54, 1.807) is 0 Å². The fraction of sp³-hybridized carbons (Fsp3) is 0.435. The number of carbonyl (C=O) groups excluding carboxylic acids is 2. The standard InChI is InChI=1S/C23H27ClN4O3/c1-16-10-17(11-18-4-2-3-5-19(18)24)12-20(26-16)21-13-28(8-9-31-21)23(30)15-27-7-6-25-22(29)14-27/h2-5,10,12,21H,6-9,11,13-15H2,1H3,(H,25,29)/t21-/m0/s1. The minimum atomic E-state index is -0.271. The molecule has 2 aromatic rings. The molecule has 2 saturated heterocycles. The van der Waals surface area contributed by atoms with Gasteiger partial charge in [-0.3, -0.25) is 19.5 Å². The number of amides is 2. The van der Waals surface area contributed by atoms with Gasteiger partial charge < -0.3 is 15.0 Å². The molecule has 31 heavy (non-hydrogen) atoms. The third-order valence-corrected chi connectivity index (χ3v) is 5.98. The molecule has 2 aliphatic rings. The van der Waals surface area contributed by atoms with E-state index >= 15 is 0 Å². The van der Waals surface area contributed by atoms with Crippen molar-refractivity contribution in [1.82, 2.24) is 20.1 Å². The zero-order valence-corrected chi connectivity index (χ0v) is 18.4. The molecule has 1 aromatic carbocycles. The number of piperazine rings is 1. The number of hydrogen-bond donors (Lipinski definition) is 1. The van der Waals surface area contributed by atoms with Gasteiger partial charge in [0, 0.05) is 30.4 Å². The highest BCUT2D eigenvalue weighted by Crippen LogP contribution is 2.25. The van der Waals surface area contributed by atoms with E-state index in [1.807, 2.05) is 47.1 Å². The number of aryl methyl sites for hydroxylation is 1. The number of aromatic nitrogens is 1. The Labute approximate surface area is 187 Å². The maximum atomic E-state index is 12.8. The van der Waals surface area contributed by atoms with Gasteiger partial charge in [-0.25, -0.2) is 0 Å². The van der Waals surface area contributed by atoms with E-state index in [9.17, 15) is 9.59 Å². The zero-order chi connectivity index (χ0) is 21.8. The minimum absolute atomic E-state index is 0.0203. The predicted molar refractivity (Wildman–Crippen MR) is 118 cm³/mol. The Morgan fingerprint density at radius 1 is 1.29 bits per heavy atom. The Morgan fingerprint density at radius 3 is 2.94 bits per heavy atom. The Kier molecular flexibility index (Phi) is 6.85. The minimum Gasteiger partial charge on any atom is -0.368 e. The summed E-state index contributed by atoms with van der Waals surface area (Å²) in [6.45, 7) is 5.23. The number of morpholine rings is 1. The number of pyridine rings is 1. The van der Waals surface area contributed by atoms with Gasteiger partial charge in [0.05, 0.1) is 31.9 Å². The van der Waals surface area contributed by atoms with Crippen molar-refractivity contribution in [2.45, 2.75) is 19.4 Å². The lowest BCUT2D eigenvalue weighted by Crippen LogP contribution is -2.52. The van der Waals surface area contributed by atoms with Crippen LogP contribution in [0.15, 0.2) is 36.4 Å². The SMILES string of the molecule is Cc1cc(Cc2ccccc2Cl)cc([C@@H]2CN(C(=O)CN3CCNC(=O)C3)CCO2)n1. The molecule has 4 rings (SSSR count). The molecule has 0 spiro atoms. The van der Waals surface area contributed by atoms with Gasteiger partial charge in [0.25, 0.3) is 0 Å². The zero-order valence-electron chi connectivity index (χ0n) is 17.6. The summed E-state index contributed by atoms with van der Waals surface area (Å²) in [4.78, 5) is 32.8. The Morgan fingerprint density at radius 2 is 2.13 bits per heavy atom. The lowest BCUT2D eigenvalue weighted by atomic mass is 10.0. The van der Waals surface area contributed by atoms with E-state index in [-0.39, 0.29) is 31.0 Å². The summed E-state index contributed by atoms with van der Waals surface area (Å²) >= 11 is 6.33. The van der Waals surface area contributed by atoms with Gasteiger partial charge >= 0.3 is 0 Å². The summed E-state index contributed by atoms with van der Waals surface area (Å²) in [5, 5.41) is 3.53. The average Bonchev–Trinajstić information content (AvgIpc) is 2.75. The maximum Gasteiger partial charge on any atom is 0.236 e. The molecule has 2 fully saturated rings. The molecule has 1 aromatic heterocycles. The van der Waals surface area contributed by atoms with Gasteiger partial charge in [0.1, 0.15) is 6.10 Å². The second-order valence-electron chi connectivity index (χ2n) is 8.07. The number of nitrogens with zero attached hydrogens (tertiary/aromatic N) is 3. The van der Waals surface area contributed by atoms with Crippen molar-refractivity contribution in [3.05, 3.63) is 63.9 Å². The van der Waals surface area contributed by atoms with Crippen LogP contribution in [0.3, 0.4) is 0 Å². The number of carbonyl (C=O) groups is 2. The van der Waals surface area contributed by atoms with Crippen molar-refractivity contribution in [3.63, 3.8) is 0 Å². The monoisotopic (exact) mass is 442 g/mol. The lowest BCUT2D eigenvalue weighted by Gasteiger charge is -2.35. The van der Waals surface area contributed by atoms with Crippen molar-refractivity contribution < 1.29 is 14.3 Å². The van der Waals surface area contributed by atoms with Crippen LogP contribution in [0.4, 0.5) is 0 Å². The van der Waals surface area contributed by atoms with Gasteiger partial charge in [0.2, 0.25) is 11.8 Å². The molecule has 1 atom stereocenters. The molecular weight excluding hydrogens is 416 g/mol. The summed E-state index contributed by atoms with van der Waals surface area (Å²) in [6.07, 6.45) is 0.440. The molecule has 0 radical (unpaired) electrons. The molecule has 1 N–H and O–H groups in total. The topological polar surface area (TPSA) is 74.8 Å². The first kappa shape index (κ1) is 21.7. The fourth-order valence-electron chi connectivity index (χ4n) is 4.07. The van der Waals surface area contributed by atoms with Crippen LogP contribution in [0.5, 0.6) is 0 Å². The number of hydrogen-bond acceptors (Lipinski definition) is 5. The largest absolute Gasteiger partial charge is 0.368 e. The van der Waals surface area contributed by atoms with Gasteiger partial charge in [-0.05, 0) is 42.7 Å². The van der Waals surface area contributed by atoms with Gasteiger partial charge in [-0.15, -0.1) is 0 Å². The van der Waals surface area contributed by atoms with E-state index in [0.29, 0.717) is 39.2 Å². The van der Waals surface area contributed by atoms with Crippen molar-refractivity contribution in [1.29, 1.82) is 0 Å². The second kappa shape index (κ2) is 9.77. The Balaban J connectivity index is 1.44. The molecule has 3 heterocycles. The maximum absolute atomic E-state index is 12.8. The fourth-order valence-corrected chi connectivity index (χ4v) is 4.27. The first-order valence-electron chi connectivity index (χ1n) is 10.6. The smallest absolute Gasteiger partial charge is 0.236 e. The second-order valence-corrected chi connectivity index (χ2v) is 8.48. The van der Waals surface area contributed by atoms with Gasteiger partial charge in [-0.2, -0.15) is 0 Å². The molecule has 2 amide bonds. The molecule has 0 unspecified atom stereocenters. The van der Waals surface area contributed by atoms with Gasteiger partial charge in [-0.1, -0.05) is 29.8 Å². The van der Waals surface area contributed by atoms with Crippen molar-refractivity contribution in [3.8, 4) is 0 Å². The van der Waals surface area contributed by atoms with Gasteiger partial charge in [0.15, 0.2) is 0 Å². The van der Waals surface area contributed by atoms with Crippen LogP contribution in [0, 0.1) is 6.92 Å². The Bertz CT molecular complexity index is 968. The molecule has 0 aliphatic carbocycles. The summed E-state index contributed by atoms with van der Waals surface area (Å²) < 4.78 is 5.98. The number of halogens is 1. The van der Waals surface area contributed by atoms with Crippen molar-refractivity contribution in [2.75, 3.05) is 45.9 Å². The molecule has 7 nitrogen and oxygen atoms in total. The highest BCUT2D eigenvalue weighted by molar-refractivity contribution is 6.31. The predicted octanol–water partition coefficient (Wildman–Crippen LogP) is 1.97. The lowest BCUT2D eigenvalue weighted by molar-refractivity contribution is -0.141. The third-order valence-electron chi connectivity index (χ3n) is 5.61. The van der Waals surface area contributed by atoms with Crippen LogP contribution in [-0.4, -0.2) is 72.5 Å². The number of benzene rings is 1. The summed E-state index contributed by atoms with van der Waals surface area (Å²) in [7, 11) is 0. The quantitative estimate of drug-likeness (QED) is 0.766. The van der Waals surface area contributed by atoms with E-state index in [1.165, 1.54) is 0 Å². The van der Waals surface area contributed by atoms with Crippen LogP contribution in [-0.2, 0) is 20.7 Å². The average molecular weight is 443 g/mol. The van der Waals surface area contributed by atoms with E-state index in [4.69, 9.17) is 16.3 Å². The van der Waals surface area contributed by atoms with E-state index in [0.717, 1.165) is 27.5 Å². The molecule has 0 saturated carbocycles. The van der Waals surface area contributed by atoms with Crippen LogP contribution in [0.25, 0.3) is 0 Å². The molecule has 0 bridgehead atoms. The van der Waals surface area contributed by atoms with Crippen LogP contribution in [0.1, 0.15) is 28.6 Å². The first-order valence-corrected chi connectivity index (χ1v) is 10.9. The molecule has 8 heteroatoms. The van der Waals surface area contributed by atoms with Crippen molar-refractivity contribution in [2.24, 2.45) is 0 Å². The van der Waals surface area contributed by atoms with Crippen LogP contribution < -0.4 is 5.32 Å². The molecule has 2 aliphatic heterocycles. The Hall–Kier alpha value is -2.48. The first-order chi connectivity index (χ1) is 15.0. The van der Waals surface area contributed by atoms with E-state index < -0.39 is 0 Å². The number of nitrogens with one attached hydrogen (secondary N) is 1. The third kappa shape index (κ3) is 5.61. The summed E-state index contributed by atoms with van der Waals surface area (Å²) in [6, 6.07) is 11.9. The normalized spacial score (nSPS) is 19.9. The number of rotatable bonds is 5. The molecular formula is C23H27ClN4O3.